The van der Waals surface area contributed by atoms with Gasteiger partial charge in [-0.05, 0) is 0 Å². The molecule has 96 valence electrons. The fraction of sp³-hybridized carbons (Fsp3) is 0.571. The van der Waals surface area contributed by atoms with Gasteiger partial charge in [0.25, 0.3) is 5.56 Å². The quantitative estimate of drug-likeness (QED) is 0.288. The van der Waals surface area contributed by atoms with E-state index in [1.54, 1.807) is 0 Å². The van der Waals surface area contributed by atoms with Crippen molar-refractivity contribution in [1.29, 1.82) is 0 Å². The maximum atomic E-state index is 11.4. The molecule has 1 heterocycles. The van der Waals surface area contributed by atoms with Gasteiger partial charge in [-0.15, -0.1) is 0 Å². The molecule has 0 unspecified atom stereocenters. The average Bonchev–Trinajstić information content (AvgIpc) is 2.33. The maximum Gasteiger partial charge on any atom is 0.363 e. The van der Waals surface area contributed by atoms with Gasteiger partial charge in [0.05, 0.1) is 6.61 Å². The summed E-state index contributed by atoms with van der Waals surface area (Å²) in [7, 11) is 0. The van der Waals surface area contributed by atoms with Gasteiger partial charge in [-0.1, -0.05) is 0 Å². The van der Waals surface area contributed by atoms with Crippen LogP contribution >= 0.6 is 0 Å². The van der Waals surface area contributed by atoms with Crippen LogP contribution in [-0.2, 0) is 0 Å². The molecule has 3 atom stereocenters. The second-order valence-electron chi connectivity index (χ2n) is 3.27. The highest BCUT2D eigenvalue weighted by Crippen LogP contribution is 2.12. The van der Waals surface area contributed by atoms with E-state index in [0.717, 1.165) is 0 Å². The van der Waals surface area contributed by atoms with Crippen molar-refractivity contribution in [2.75, 3.05) is 12.4 Å². The number of hydrogen-bond donors (Lipinski definition) is 6. The third-order valence-electron chi connectivity index (χ3n) is 2.11. The van der Waals surface area contributed by atoms with Crippen LogP contribution in [0, 0.1) is 0 Å². The fourth-order valence-corrected chi connectivity index (χ4v) is 1.10. The molecule has 0 saturated carbocycles. The van der Waals surface area contributed by atoms with Crippen LogP contribution in [0.3, 0.4) is 0 Å². The Kier molecular flexibility index (Phi) is 3.96. The normalized spacial score (nSPS) is 16.5. The minimum Gasteiger partial charge on any atom is -0.394 e. The van der Waals surface area contributed by atoms with Gasteiger partial charge in [-0.2, -0.15) is 9.77 Å². The summed E-state index contributed by atoms with van der Waals surface area (Å²) in [6, 6.07) is 0. The molecule has 7 N–H and O–H groups in total. The number of H-pyrrole nitrogens is 1. The number of nitrogens with one attached hydrogen (secondary N) is 1. The third-order valence-corrected chi connectivity index (χ3v) is 2.11. The number of aromatic amines is 1. The molecule has 0 saturated heterocycles. The summed E-state index contributed by atoms with van der Waals surface area (Å²) in [4.78, 5) is 22.2. The van der Waals surface area contributed by atoms with Crippen molar-refractivity contribution in [2.24, 2.45) is 0 Å². The lowest BCUT2D eigenvalue weighted by Crippen LogP contribution is -2.46. The molecule has 0 radical (unpaired) electrons. The highest BCUT2D eigenvalue weighted by Gasteiger charge is 2.29. The van der Waals surface area contributed by atoms with E-state index >= 15 is 0 Å². The molecule has 0 spiro atoms. The minimum absolute atomic E-state index is 0.156. The van der Waals surface area contributed by atoms with Crippen LogP contribution in [0.4, 0.5) is 0 Å². The summed E-state index contributed by atoms with van der Waals surface area (Å²) < 4.78 is 0.156. The number of aliphatic hydroxyl groups excluding tert-OH is 4. The molecule has 10 nitrogen and oxygen atoms in total. The molecule has 0 aliphatic heterocycles. The third kappa shape index (κ3) is 2.50. The predicted octanol–water partition coefficient (Wildman–Crippen LogP) is -4.61. The zero-order valence-electron chi connectivity index (χ0n) is 8.52. The minimum atomic E-state index is -1.89. The first kappa shape index (κ1) is 13.3. The first-order valence-corrected chi connectivity index (χ1v) is 4.52. The van der Waals surface area contributed by atoms with Crippen LogP contribution in [0.1, 0.15) is 11.8 Å². The molecular formula is C7H12N4O6. The number of rotatable bonds is 4. The Hall–Kier alpha value is -1.75. The van der Waals surface area contributed by atoms with Crippen molar-refractivity contribution in [3.63, 3.8) is 0 Å². The maximum absolute atomic E-state index is 11.4. The smallest absolute Gasteiger partial charge is 0.363 e. The van der Waals surface area contributed by atoms with E-state index < -0.39 is 41.9 Å². The Morgan fingerprint density at radius 2 is 1.94 bits per heavy atom. The van der Waals surface area contributed by atoms with E-state index in [2.05, 4.69) is 5.10 Å². The van der Waals surface area contributed by atoms with Crippen LogP contribution in [0.2, 0.25) is 0 Å². The molecule has 0 aromatic carbocycles. The van der Waals surface area contributed by atoms with Gasteiger partial charge in [0.1, 0.15) is 18.3 Å². The summed E-state index contributed by atoms with van der Waals surface area (Å²) in [5.41, 5.74) is -2.76. The number of aliphatic hydroxyl groups is 4. The van der Waals surface area contributed by atoms with Gasteiger partial charge in [0.2, 0.25) is 0 Å². The zero-order valence-corrected chi connectivity index (χ0v) is 8.52. The Morgan fingerprint density at radius 1 is 1.35 bits per heavy atom. The van der Waals surface area contributed by atoms with Crippen LogP contribution in [0.15, 0.2) is 9.59 Å². The van der Waals surface area contributed by atoms with E-state index in [4.69, 9.17) is 16.1 Å². The summed E-state index contributed by atoms with van der Waals surface area (Å²) in [5.74, 6) is 5.05. The summed E-state index contributed by atoms with van der Waals surface area (Å²) >= 11 is 0. The van der Waals surface area contributed by atoms with Gasteiger partial charge in [-0.3, -0.25) is 4.79 Å². The summed E-state index contributed by atoms with van der Waals surface area (Å²) in [5, 5.41) is 41.5. The van der Waals surface area contributed by atoms with Gasteiger partial charge >= 0.3 is 5.69 Å². The monoisotopic (exact) mass is 248 g/mol. The molecule has 0 fully saturated rings. The lowest BCUT2D eigenvalue weighted by atomic mass is 10.1. The van der Waals surface area contributed by atoms with Crippen molar-refractivity contribution in [3.8, 4) is 0 Å². The van der Waals surface area contributed by atoms with Crippen molar-refractivity contribution in [1.82, 2.24) is 14.9 Å². The largest absolute Gasteiger partial charge is 0.394 e. The topological polar surface area (TPSA) is 175 Å². The molecule has 0 aliphatic rings. The second kappa shape index (κ2) is 5.05. The van der Waals surface area contributed by atoms with E-state index in [1.807, 2.05) is 5.10 Å². The number of nitrogens with two attached hydrogens (primary N) is 1. The first-order chi connectivity index (χ1) is 7.90. The van der Waals surface area contributed by atoms with E-state index in [9.17, 15) is 19.8 Å². The Balaban J connectivity index is 3.14. The number of aromatic nitrogens is 3. The molecule has 1 aromatic heterocycles. The second-order valence-corrected chi connectivity index (χ2v) is 3.27. The predicted molar refractivity (Wildman–Crippen MR) is 53.3 cm³/mol. The first-order valence-electron chi connectivity index (χ1n) is 4.52. The molecule has 1 rings (SSSR count). The van der Waals surface area contributed by atoms with Gasteiger partial charge < -0.3 is 26.3 Å². The Morgan fingerprint density at radius 3 is 2.47 bits per heavy atom. The lowest BCUT2D eigenvalue weighted by molar-refractivity contribution is -0.0797. The molecule has 10 heteroatoms. The van der Waals surface area contributed by atoms with E-state index in [0.29, 0.717) is 0 Å². The van der Waals surface area contributed by atoms with E-state index in [-0.39, 0.29) is 4.68 Å². The fourth-order valence-electron chi connectivity index (χ4n) is 1.10. The van der Waals surface area contributed by atoms with Crippen LogP contribution in [0.25, 0.3) is 0 Å². The van der Waals surface area contributed by atoms with Crippen LogP contribution in [0.5, 0.6) is 0 Å². The summed E-state index contributed by atoms with van der Waals surface area (Å²) in [6.45, 7) is -0.821. The number of hydrogen-bond acceptors (Lipinski definition) is 8. The van der Waals surface area contributed by atoms with Crippen molar-refractivity contribution >= 4 is 0 Å². The molecular weight excluding hydrogens is 236 g/mol. The molecule has 1 aromatic rings. The van der Waals surface area contributed by atoms with Crippen molar-refractivity contribution in [2.45, 2.75) is 18.3 Å². The molecule has 17 heavy (non-hydrogen) atoms. The zero-order chi connectivity index (χ0) is 13.2. The highest BCUT2D eigenvalue weighted by atomic mass is 16.4. The lowest BCUT2D eigenvalue weighted by Gasteiger charge is -2.20. The standard InChI is InChI=1S/C7H12N4O6/c8-11-6(16)3(9-10-7(11)17)5(15)4(14)2(13)1-12/h2,4-5,12-15H,1,8H2,(H,10,17)/t2-,4-,5-/m1/s1. The van der Waals surface area contributed by atoms with Gasteiger partial charge in [-0.25, -0.2) is 9.89 Å². The van der Waals surface area contributed by atoms with Crippen molar-refractivity contribution in [3.05, 3.63) is 26.5 Å². The molecule has 0 amide bonds. The SMILES string of the molecule is Nn1c(=O)[nH]nc([C@@H](O)[C@H](O)[C@H](O)CO)c1=O. The van der Waals surface area contributed by atoms with E-state index in [1.165, 1.54) is 0 Å². The van der Waals surface area contributed by atoms with Crippen LogP contribution in [-0.4, -0.2) is 54.1 Å². The average molecular weight is 248 g/mol. The van der Waals surface area contributed by atoms with Crippen LogP contribution < -0.4 is 17.1 Å². The molecule has 0 bridgehead atoms. The van der Waals surface area contributed by atoms with Crippen molar-refractivity contribution < 1.29 is 20.4 Å². The summed E-state index contributed by atoms with van der Waals surface area (Å²) in [6.07, 6.45) is -5.40. The Bertz CT molecular complexity index is 496. The Labute approximate surface area is 93.5 Å². The number of nitrogens with zero attached hydrogens (tertiary/aromatic N) is 2. The van der Waals surface area contributed by atoms with Gasteiger partial charge in [0.15, 0.2) is 5.69 Å². The highest BCUT2D eigenvalue weighted by molar-refractivity contribution is 5.02. The number of nitrogen functional groups attached to an aromatic ring is 1. The molecule has 0 aliphatic carbocycles. The van der Waals surface area contributed by atoms with Gasteiger partial charge in [0, 0.05) is 0 Å².